The van der Waals surface area contributed by atoms with Crippen LogP contribution in [0.5, 0.6) is 0 Å². The minimum atomic E-state index is 1.29. The number of aromatic nitrogens is 2. The first-order valence-electron chi connectivity index (χ1n) is 10.9. The van der Waals surface area contributed by atoms with Crippen molar-refractivity contribution in [2.75, 3.05) is 0 Å². The van der Waals surface area contributed by atoms with E-state index in [0.29, 0.717) is 0 Å². The normalized spacial score (nSPS) is 12.5. The molecule has 4 aromatic carbocycles. The lowest BCUT2D eigenvalue weighted by Crippen LogP contribution is -2.28. The van der Waals surface area contributed by atoms with Gasteiger partial charge in [0.1, 0.15) is 7.05 Å². The van der Waals surface area contributed by atoms with Crippen molar-refractivity contribution in [1.82, 2.24) is 4.40 Å². The number of hydrogen-bond donors (Lipinski definition) is 0. The molecule has 0 aliphatic rings. The monoisotopic (exact) mass is 399 g/mol. The van der Waals surface area contributed by atoms with Gasteiger partial charge in [-0.1, -0.05) is 36.4 Å². The van der Waals surface area contributed by atoms with Crippen LogP contribution in [0.25, 0.3) is 59.8 Å². The molecule has 7 aromatic rings. The van der Waals surface area contributed by atoms with E-state index in [9.17, 15) is 0 Å². The molecule has 0 amide bonds. The Morgan fingerprint density at radius 2 is 1.48 bits per heavy atom. The van der Waals surface area contributed by atoms with Crippen molar-refractivity contribution < 1.29 is 4.57 Å². The second-order valence-electron chi connectivity index (χ2n) is 9.11. The maximum atomic E-state index is 2.53. The average molecular weight is 400 g/mol. The Labute approximate surface area is 180 Å². The van der Waals surface area contributed by atoms with Crippen LogP contribution in [-0.2, 0) is 7.05 Å². The molecule has 0 N–H and O–H groups in total. The predicted octanol–water partition coefficient (Wildman–Crippen LogP) is 6.89. The van der Waals surface area contributed by atoms with Gasteiger partial charge in [0.05, 0.1) is 27.3 Å². The van der Waals surface area contributed by atoms with Crippen LogP contribution in [0.4, 0.5) is 0 Å². The zero-order valence-corrected chi connectivity index (χ0v) is 18.2. The largest absolute Gasteiger partial charge is 0.307 e. The Balaban J connectivity index is 1.97. The van der Waals surface area contributed by atoms with Gasteiger partial charge in [0.15, 0.2) is 6.20 Å². The first-order valence-corrected chi connectivity index (χ1v) is 10.9. The lowest BCUT2D eigenvalue weighted by molar-refractivity contribution is -0.643. The standard InChI is InChI=1S/C29H23N2/c1-16-13-23-22-10-9-19-11-12-30(4)29-26-18(3)21-8-6-5-7-20(21)15-25(26)31(28(22)27(19)29)24(23)14-17(16)2/h5-15H,1-4H3/q+1. The molecule has 2 nitrogen and oxygen atoms in total. The van der Waals surface area contributed by atoms with Gasteiger partial charge < -0.3 is 4.40 Å². The van der Waals surface area contributed by atoms with Crippen LogP contribution in [0.15, 0.2) is 66.9 Å². The quantitative estimate of drug-likeness (QED) is 0.149. The van der Waals surface area contributed by atoms with Gasteiger partial charge in [0.25, 0.3) is 0 Å². The Hall–Kier alpha value is -3.65. The maximum absolute atomic E-state index is 2.53. The third kappa shape index (κ3) is 1.96. The van der Waals surface area contributed by atoms with Crippen LogP contribution in [0, 0.1) is 20.8 Å². The van der Waals surface area contributed by atoms with Gasteiger partial charge in [0.2, 0.25) is 5.52 Å². The summed E-state index contributed by atoms with van der Waals surface area (Å²) in [6.45, 7) is 6.72. The second kappa shape index (κ2) is 5.53. The summed E-state index contributed by atoms with van der Waals surface area (Å²) < 4.78 is 4.83. The van der Waals surface area contributed by atoms with E-state index in [0.717, 1.165) is 0 Å². The molecular formula is C29H23N2+. The minimum Gasteiger partial charge on any atom is -0.307 e. The van der Waals surface area contributed by atoms with Gasteiger partial charge >= 0.3 is 0 Å². The SMILES string of the molecule is Cc1cc2c3ccc4cc[n+](C)c5c6c(C)c7ccccc7cc6n(c2cc1C)c3c45. The highest BCUT2D eigenvalue weighted by molar-refractivity contribution is 6.28. The molecule has 0 aliphatic heterocycles. The highest BCUT2D eigenvalue weighted by atomic mass is 15.0. The summed E-state index contributed by atoms with van der Waals surface area (Å²) in [4.78, 5) is 0. The number of fused-ring (bicyclic) bond motifs is 7. The fraction of sp³-hybridized carbons (Fsp3) is 0.138. The van der Waals surface area contributed by atoms with Gasteiger partial charge in [0, 0.05) is 16.8 Å². The highest BCUT2D eigenvalue weighted by Crippen LogP contribution is 2.42. The Morgan fingerprint density at radius 3 is 2.35 bits per heavy atom. The molecule has 2 heteroatoms. The van der Waals surface area contributed by atoms with Crippen molar-refractivity contribution in [3.8, 4) is 0 Å². The van der Waals surface area contributed by atoms with Crippen LogP contribution in [-0.4, -0.2) is 4.40 Å². The number of benzene rings is 4. The maximum Gasteiger partial charge on any atom is 0.224 e. The summed E-state index contributed by atoms with van der Waals surface area (Å²) >= 11 is 0. The van der Waals surface area contributed by atoms with E-state index in [2.05, 4.69) is 104 Å². The molecule has 31 heavy (non-hydrogen) atoms. The van der Waals surface area contributed by atoms with Gasteiger partial charge in [-0.3, -0.25) is 0 Å². The Bertz CT molecular complexity index is 1870. The van der Waals surface area contributed by atoms with Crippen LogP contribution >= 0.6 is 0 Å². The molecule has 0 saturated carbocycles. The van der Waals surface area contributed by atoms with E-state index in [-0.39, 0.29) is 0 Å². The summed E-state index contributed by atoms with van der Waals surface area (Å²) in [6.07, 6.45) is 2.20. The minimum absolute atomic E-state index is 1.29. The van der Waals surface area contributed by atoms with Gasteiger partial charge in [-0.25, -0.2) is 4.57 Å². The van der Waals surface area contributed by atoms with Crippen molar-refractivity contribution in [3.05, 3.63) is 83.6 Å². The Kier molecular flexibility index (Phi) is 3.04. The molecule has 3 heterocycles. The summed E-state index contributed by atoms with van der Waals surface area (Å²) in [5.41, 5.74) is 9.30. The van der Waals surface area contributed by atoms with Gasteiger partial charge in [-0.05, 0) is 71.8 Å². The number of aryl methyl sites for hydroxylation is 4. The van der Waals surface area contributed by atoms with E-state index < -0.39 is 0 Å². The molecule has 0 unspecified atom stereocenters. The molecule has 0 spiro atoms. The Morgan fingerprint density at radius 1 is 0.677 bits per heavy atom. The second-order valence-corrected chi connectivity index (χ2v) is 9.11. The third-order valence-electron chi connectivity index (χ3n) is 7.41. The topological polar surface area (TPSA) is 8.29 Å². The number of hydrogen-bond acceptors (Lipinski definition) is 0. The molecule has 0 radical (unpaired) electrons. The van der Waals surface area contributed by atoms with Gasteiger partial charge in [-0.2, -0.15) is 0 Å². The zero-order chi connectivity index (χ0) is 21.0. The van der Waals surface area contributed by atoms with E-state index in [1.165, 1.54) is 76.5 Å². The zero-order valence-electron chi connectivity index (χ0n) is 18.2. The van der Waals surface area contributed by atoms with Crippen molar-refractivity contribution >= 4 is 59.8 Å². The van der Waals surface area contributed by atoms with E-state index >= 15 is 0 Å². The highest BCUT2D eigenvalue weighted by Gasteiger charge is 2.24. The number of pyridine rings is 2. The smallest absolute Gasteiger partial charge is 0.224 e. The fourth-order valence-corrected chi connectivity index (χ4v) is 5.75. The molecule has 0 fully saturated rings. The summed E-state index contributed by atoms with van der Waals surface area (Å²) in [6, 6.07) is 22.8. The fourth-order valence-electron chi connectivity index (χ4n) is 5.75. The molecular weight excluding hydrogens is 376 g/mol. The van der Waals surface area contributed by atoms with Crippen molar-refractivity contribution in [2.24, 2.45) is 7.05 Å². The van der Waals surface area contributed by atoms with E-state index in [1.54, 1.807) is 0 Å². The molecule has 0 aliphatic carbocycles. The average Bonchev–Trinajstić information content (AvgIpc) is 3.08. The first-order chi connectivity index (χ1) is 15.0. The summed E-state index contributed by atoms with van der Waals surface area (Å²) in [5, 5.41) is 9.33. The molecule has 0 bridgehead atoms. The molecule has 148 valence electrons. The molecule has 0 saturated heterocycles. The van der Waals surface area contributed by atoms with Crippen LogP contribution in [0.1, 0.15) is 16.7 Å². The van der Waals surface area contributed by atoms with Gasteiger partial charge in [-0.15, -0.1) is 0 Å². The van der Waals surface area contributed by atoms with E-state index in [4.69, 9.17) is 0 Å². The van der Waals surface area contributed by atoms with Crippen LogP contribution in [0.3, 0.4) is 0 Å². The summed E-state index contributed by atoms with van der Waals surface area (Å²) in [5.74, 6) is 0. The van der Waals surface area contributed by atoms with Crippen molar-refractivity contribution in [2.45, 2.75) is 20.8 Å². The van der Waals surface area contributed by atoms with Crippen LogP contribution in [0.2, 0.25) is 0 Å². The number of nitrogens with zero attached hydrogens (tertiary/aromatic N) is 2. The molecule has 0 atom stereocenters. The lowest BCUT2D eigenvalue weighted by Gasteiger charge is -2.14. The number of rotatable bonds is 0. The third-order valence-corrected chi connectivity index (χ3v) is 7.41. The summed E-state index contributed by atoms with van der Waals surface area (Å²) in [7, 11) is 2.18. The van der Waals surface area contributed by atoms with Crippen molar-refractivity contribution in [3.63, 3.8) is 0 Å². The first kappa shape index (κ1) is 17.1. The van der Waals surface area contributed by atoms with E-state index in [1.807, 2.05) is 0 Å². The van der Waals surface area contributed by atoms with Crippen molar-refractivity contribution in [1.29, 1.82) is 0 Å². The predicted molar refractivity (Wildman–Crippen MR) is 132 cm³/mol. The molecule has 7 rings (SSSR count). The molecule has 3 aromatic heterocycles. The lowest BCUT2D eigenvalue weighted by atomic mass is 9.96. The van der Waals surface area contributed by atoms with Crippen LogP contribution < -0.4 is 4.57 Å².